The standard InChI is InChI=1S/C56H44N2/c1-39-13-12-20-48(35-39)58(49-30-27-41-16-10-11-17-45(41)36-49)51-32-34-53-52-33-31-50(37-54(52)56(2,3)55(53)38-51)57(46-18-8-5-9-19-46)47-28-25-44(26-29-47)43-23-21-42(22-24-43)40-14-6-4-7-15-40/h4-38H,1-3H3. The van der Waals surface area contributed by atoms with E-state index in [9.17, 15) is 0 Å². The lowest BCUT2D eigenvalue weighted by atomic mass is 9.82. The van der Waals surface area contributed by atoms with E-state index in [4.69, 9.17) is 0 Å². The Morgan fingerprint density at radius 2 is 0.724 bits per heavy atom. The normalized spacial score (nSPS) is 12.5. The summed E-state index contributed by atoms with van der Waals surface area (Å²) < 4.78 is 0. The maximum absolute atomic E-state index is 2.42. The average molecular weight is 745 g/mol. The number of aryl methyl sites for hydroxylation is 1. The van der Waals surface area contributed by atoms with Crippen molar-refractivity contribution in [2.24, 2.45) is 0 Å². The van der Waals surface area contributed by atoms with Crippen molar-refractivity contribution in [3.63, 3.8) is 0 Å². The quantitative estimate of drug-likeness (QED) is 0.153. The molecule has 0 amide bonds. The largest absolute Gasteiger partial charge is 0.310 e. The first kappa shape index (κ1) is 35.3. The summed E-state index contributed by atoms with van der Waals surface area (Å²) in [6.07, 6.45) is 0. The van der Waals surface area contributed by atoms with Gasteiger partial charge in [0.1, 0.15) is 0 Å². The minimum absolute atomic E-state index is 0.226. The van der Waals surface area contributed by atoms with Crippen LogP contribution in [-0.2, 0) is 5.41 Å². The van der Waals surface area contributed by atoms with Gasteiger partial charge < -0.3 is 9.80 Å². The van der Waals surface area contributed by atoms with Crippen LogP contribution in [0.5, 0.6) is 0 Å². The highest BCUT2D eigenvalue weighted by molar-refractivity contribution is 5.92. The molecule has 1 aliphatic rings. The van der Waals surface area contributed by atoms with E-state index < -0.39 is 0 Å². The first-order valence-electron chi connectivity index (χ1n) is 20.2. The molecule has 0 radical (unpaired) electrons. The molecule has 0 bridgehead atoms. The van der Waals surface area contributed by atoms with Gasteiger partial charge in [0.25, 0.3) is 0 Å². The van der Waals surface area contributed by atoms with Crippen molar-refractivity contribution in [3.8, 4) is 33.4 Å². The van der Waals surface area contributed by atoms with Crippen molar-refractivity contribution in [1.29, 1.82) is 0 Å². The SMILES string of the molecule is Cc1cccc(N(c2ccc3c(c2)C(C)(C)c2cc(N(c4ccccc4)c4ccc(-c5ccc(-c6ccccc6)cc5)cc4)ccc2-3)c2ccc3ccccc3c2)c1. The molecule has 0 saturated heterocycles. The molecule has 0 aliphatic heterocycles. The second-order valence-electron chi connectivity index (χ2n) is 16.0. The molecular weight excluding hydrogens is 701 g/mol. The molecule has 2 heteroatoms. The summed E-state index contributed by atoms with van der Waals surface area (Å²) in [5.41, 5.74) is 18.0. The molecule has 58 heavy (non-hydrogen) atoms. The van der Waals surface area contributed by atoms with Crippen molar-refractivity contribution < 1.29 is 0 Å². The number of hydrogen-bond acceptors (Lipinski definition) is 2. The number of hydrogen-bond donors (Lipinski definition) is 0. The van der Waals surface area contributed by atoms with Crippen molar-refractivity contribution in [1.82, 2.24) is 0 Å². The molecule has 0 saturated carbocycles. The van der Waals surface area contributed by atoms with Crippen molar-refractivity contribution in [3.05, 3.63) is 229 Å². The van der Waals surface area contributed by atoms with E-state index in [1.807, 2.05) is 0 Å². The zero-order valence-electron chi connectivity index (χ0n) is 33.1. The van der Waals surface area contributed by atoms with Gasteiger partial charge in [-0.15, -0.1) is 0 Å². The van der Waals surface area contributed by atoms with Gasteiger partial charge in [-0.05, 0) is 141 Å². The lowest BCUT2D eigenvalue weighted by molar-refractivity contribution is 0.660. The zero-order valence-corrected chi connectivity index (χ0v) is 33.1. The molecule has 0 aromatic heterocycles. The highest BCUT2D eigenvalue weighted by Gasteiger charge is 2.37. The molecule has 278 valence electrons. The number of fused-ring (bicyclic) bond motifs is 4. The summed E-state index contributed by atoms with van der Waals surface area (Å²) in [5, 5.41) is 2.47. The van der Waals surface area contributed by atoms with Crippen molar-refractivity contribution in [2.45, 2.75) is 26.2 Å². The van der Waals surface area contributed by atoms with Gasteiger partial charge in [-0.3, -0.25) is 0 Å². The predicted octanol–water partition coefficient (Wildman–Crippen LogP) is 15.7. The maximum Gasteiger partial charge on any atom is 0.0468 e. The van der Waals surface area contributed by atoms with E-state index >= 15 is 0 Å². The van der Waals surface area contributed by atoms with Gasteiger partial charge in [0.05, 0.1) is 0 Å². The van der Waals surface area contributed by atoms with Gasteiger partial charge in [0.2, 0.25) is 0 Å². The summed E-state index contributed by atoms with van der Waals surface area (Å²) in [5.74, 6) is 0. The summed E-state index contributed by atoms with van der Waals surface area (Å²) in [4.78, 5) is 4.79. The highest BCUT2D eigenvalue weighted by atomic mass is 15.1. The summed E-state index contributed by atoms with van der Waals surface area (Å²) in [6.45, 7) is 6.92. The van der Waals surface area contributed by atoms with Crippen LogP contribution in [0.4, 0.5) is 34.1 Å². The molecule has 0 fully saturated rings. The molecule has 9 aromatic rings. The molecule has 0 heterocycles. The zero-order chi connectivity index (χ0) is 39.2. The van der Waals surface area contributed by atoms with Crippen LogP contribution in [0.2, 0.25) is 0 Å². The third kappa shape index (κ3) is 6.33. The summed E-state index contributed by atoms with van der Waals surface area (Å²) >= 11 is 0. The van der Waals surface area contributed by atoms with Gasteiger partial charge in [0.15, 0.2) is 0 Å². The fraction of sp³-hybridized carbons (Fsp3) is 0.0714. The lowest BCUT2D eigenvalue weighted by Crippen LogP contribution is -2.17. The summed E-state index contributed by atoms with van der Waals surface area (Å²) in [7, 11) is 0. The first-order chi connectivity index (χ1) is 28.4. The summed E-state index contributed by atoms with van der Waals surface area (Å²) in [6, 6.07) is 77.4. The molecule has 0 spiro atoms. The van der Waals surface area contributed by atoms with E-state index in [0.29, 0.717) is 0 Å². The van der Waals surface area contributed by atoms with Gasteiger partial charge in [0, 0.05) is 39.5 Å². The van der Waals surface area contributed by atoms with Gasteiger partial charge in [-0.25, -0.2) is 0 Å². The van der Waals surface area contributed by atoms with E-state index in [-0.39, 0.29) is 5.41 Å². The third-order valence-corrected chi connectivity index (χ3v) is 11.9. The van der Waals surface area contributed by atoms with Crippen LogP contribution in [0.1, 0.15) is 30.5 Å². The third-order valence-electron chi connectivity index (χ3n) is 11.9. The van der Waals surface area contributed by atoms with Crippen LogP contribution >= 0.6 is 0 Å². The number of anilines is 6. The van der Waals surface area contributed by atoms with Crippen LogP contribution in [0.25, 0.3) is 44.2 Å². The molecule has 0 unspecified atom stereocenters. The second kappa shape index (κ2) is 14.4. The van der Waals surface area contributed by atoms with Crippen LogP contribution in [0, 0.1) is 6.92 Å². The van der Waals surface area contributed by atoms with Crippen molar-refractivity contribution >= 4 is 44.9 Å². The molecule has 1 aliphatic carbocycles. The molecule has 9 aromatic carbocycles. The average Bonchev–Trinajstić information content (AvgIpc) is 3.49. The van der Waals surface area contributed by atoms with E-state index in [2.05, 4.69) is 243 Å². The highest BCUT2D eigenvalue weighted by Crippen LogP contribution is 2.52. The molecule has 0 N–H and O–H groups in total. The first-order valence-corrected chi connectivity index (χ1v) is 20.2. The molecule has 10 rings (SSSR count). The maximum atomic E-state index is 2.42. The Labute approximate surface area is 341 Å². The fourth-order valence-electron chi connectivity index (χ4n) is 8.83. The van der Waals surface area contributed by atoms with Crippen LogP contribution in [0.3, 0.4) is 0 Å². The lowest BCUT2D eigenvalue weighted by Gasteiger charge is -2.29. The van der Waals surface area contributed by atoms with Gasteiger partial charge in [-0.2, -0.15) is 0 Å². The van der Waals surface area contributed by atoms with Gasteiger partial charge >= 0.3 is 0 Å². The van der Waals surface area contributed by atoms with E-state index in [0.717, 1.165) is 34.1 Å². The number of benzene rings is 9. The number of rotatable bonds is 8. The predicted molar refractivity (Wildman–Crippen MR) is 246 cm³/mol. The van der Waals surface area contributed by atoms with E-state index in [1.165, 1.54) is 60.8 Å². The Morgan fingerprint density at radius 3 is 1.33 bits per heavy atom. The minimum Gasteiger partial charge on any atom is -0.310 e. The molecular formula is C56H44N2. The smallest absolute Gasteiger partial charge is 0.0468 e. The van der Waals surface area contributed by atoms with Crippen LogP contribution in [-0.4, -0.2) is 0 Å². The fourth-order valence-corrected chi connectivity index (χ4v) is 8.83. The Bertz CT molecular complexity index is 2910. The number of nitrogens with zero attached hydrogens (tertiary/aromatic N) is 2. The Morgan fingerprint density at radius 1 is 0.310 bits per heavy atom. The van der Waals surface area contributed by atoms with Crippen molar-refractivity contribution in [2.75, 3.05) is 9.80 Å². The van der Waals surface area contributed by atoms with Gasteiger partial charge in [-0.1, -0.05) is 153 Å². The van der Waals surface area contributed by atoms with Crippen LogP contribution in [0.15, 0.2) is 212 Å². The second-order valence-corrected chi connectivity index (χ2v) is 16.0. The number of para-hydroxylation sites is 1. The Hall–Kier alpha value is -7.16. The molecule has 2 nitrogen and oxygen atoms in total. The monoisotopic (exact) mass is 744 g/mol. The Balaban J connectivity index is 1.01. The van der Waals surface area contributed by atoms with E-state index in [1.54, 1.807) is 0 Å². The van der Waals surface area contributed by atoms with Crippen LogP contribution < -0.4 is 9.80 Å². The Kier molecular flexibility index (Phi) is 8.76. The minimum atomic E-state index is -0.226. The topological polar surface area (TPSA) is 6.48 Å². The molecule has 0 atom stereocenters.